The Bertz CT molecular complexity index is 709. The van der Waals surface area contributed by atoms with E-state index in [2.05, 4.69) is 30.0 Å². The molecule has 5 nitrogen and oxygen atoms in total. The average molecular weight is 596 g/mol. The van der Waals surface area contributed by atoms with Crippen LogP contribution in [0.1, 0.15) is 117 Å². The van der Waals surface area contributed by atoms with E-state index >= 15 is 0 Å². The number of rotatable bonds is 18. The van der Waals surface area contributed by atoms with Crippen LogP contribution in [0.5, 0.6) is 0 Å². The first-order chi connectivity index (χ1) is 16.4. The molecule has 0 aliphatic carbocycles. The van der Waals surface area contributed by atoms with E-state index in [9.17, 15) is 43.2 Å². The lowest BCUT2D eigenvalue weighted by atomic mass is 9.71. The van der Waals surface area contributed by atoms with Crippen LogP contribution in [-0.4, -0.2) is 34.0 Å². The molecule has 0 aliphatic rings. The molecule has 0 saturated carbocycles. The summed E-state index contributed by atoms with van der Waals surface area (Å²) in [5.41, 5.74) is -11.6. The monoisotopic (exact) mass is 595 g/mol. The predicted molar refractivity (Wildman–Crippen MR) is 136 cm³/mol. The van der Waals surface area contributed by atoms with Crippen molar-refractivity contribution in [2.24, 2.45) is 5.41 Å². The first-order valence-electron chi connectivity index (χ1n) is 12.6. The SMILES string of the molecule is CCCCC(CCCC)(CCCC)CCCCCCCP.O=S(=O)(NS(=O)(=O)C(F)(F)F)C(F)(F)F. The smallest absolute Gasteiger partial charge is 0.202 e. The van der Waals surface area contributed by atoms with Crippen molar-refractivity contribution in [3.8, 4) is 0 Å². The molecule has 14 heteroatoms. The van der Waals surface area contributed by atoms with Gasteiger partial charge in [-0.3, -0.25) is 0 Å². The van der Waals surface area contributed by atoms with Crippen molar-refractivity contribution in [3.05, 3.63) is 0 Å². The molecule has 0 heterocycles. The maximum Gasteiger partial charge on any atom is 0.512 e. The van der Waals surface area contributed by atoms with Crippen LogP contribution >= 0.6 is 9.24 Å². The molecule has 0 fully saturated rings. The number of halogens is 6. The summed E-state index contributed by atoms with van der Waals surface area (Å²) in [6, 6.07) is 0. The van der Waals surface area contributed by atoms with Crippen molar-refractivity contribution < 1.29 is 43.2 Å². The van der Waals surface area contributed by atoms with Crippen molar-refractivity contribution in [1.82, 2.24) is 4.13 Å². The van der Waals surface area contributed by atoms with Crippen LogP contribution in [0.15, 0.2) is 0 Å². The molecule has 1 N–H and O–H groups in total. The first kappa shape index (κ1) is 38.0. The summed E-state index contributed by atoms with van der Waals surface area (Å²) in [6.07, 6.45) is 23.0. The molecular weight excluding hydrogens is 551 g/mol. The molecule has 0 amide bonds. The fraction of sp³-hybridized carbons (Fsp3) is 1.00. The molecule has 1 unspecified atom stereocenters. The van der Waals surface area contributed by atoms with Gasteiger partial charge in [-0.1, -0.05) is 89.1 Å². The van der Waals surface area contributed by atoms with Crippen molar-refractivity contribution in [2.45, 2.75) is 128 Å². The lowest BCUT2D eigenvalue weighted by molar-refractivity contribution is -0.0476. The number of hydrogen-bond acceptors (Lipinski definition) is 4. The van der Waals surface area contributed by atoms with E-state index in [1.807, 2.05) is 0 Å². The quantitative estimate of drug-likeness (QED) is 0.0988. The summed E-state index contributed by atoms with van der Waals surface area (Å²) in [5, 5.41) is 0. The zero-order valence-corrected chi connectivity index (χ0v) is 24.4. The summed E-state index contributed by atoms with van der Waals surface area (Å²) in [7, 11) is -10.3. The number of nitrogens with one attached hydrogen (secondary N) is 1. The molecule has 0 spiro atoms. The molecule has 0 aliphatic heterocycles. The van der Waals surface area contributed by atoms with Gasteiger partial charge in [0.15, 0.2) is 0 Å². The number of hydrogen-bond donors (Lipinski definition) is 1. The Morgan fingerprint density at radius 1 is 0.556 bits per heavy atom. The van der Waals surface area contributed by atoms with Crippen LogP contribution < -0.4 is 4.13 Å². The van der Waals surface area contributed by atoms with Gasteiger partial charge in [-0.05, 0) is 43.7 Å². The Kier molecular flexibility index (Phi) is 19.2. The minimum absolute atomic E-state index is 0.493. The van der Waals surface area contributed by atoms with Crippen molar-refractivity contribution >= 4 is 29.3 Å². The van der Waals surface area contributed by atoms with E-state index in [4.69, 9.17) is 0 Å². The zero-order valence-electron chi connectivity index (χ0n) is 21.6. The average Bonchev–Trinajstić information content (AvgIpc) is 2.75. The molecule has 1 atom stereocenters. The number of alkyl halides is 6. The van der Waals surface area contributed by atoms with Gasteiger partial charge in [0.05, 0.1) is 0 Å². The topological polar surface area (TPSA) is 80.3 Å². The minimum atomic E-state index is -6.60. The van der Waals surface area contributed by atoms with Gasteiger partial charge in [0.1, 0.15) is 0 Å². The van der Waals surface area contributed by atoms with Gasteiger partial charge < -0.3 is 0 Å². The highest BCUT2D eigenvalue weighted by atomic mass is 32.3. The summed E-state index contributed by atoms with van der Waals surface area (Å²) in [4.78, 5) is 0. The van der Waals surface area contributed by atoms with E-state index in [1.54, 1.807) is 0 Å². The van der Waals surface area contributed by atoms with E-state index in [0.29, 0.717) is 5.41 Å². The first-order valence-corrected chi connectivity index (χ1v) is 16.3. The van der Waals surface area contributed by atoms with Gasteiger partial charge in [-0.15, -0.1) is 9.24 Å². The van der Waals surface area contributed by atoms with Crippen molar-refractivity contribution in [2.75, 3.05) is 6.16 Å². The summed E-state index contributed by atoms with van der Waals surface area (Å²) < 4.78 is 108. The van der Waals surface area contributed by atoms with Crippen LogP contribution in [0.2, 0.25) is 0 Å². The number of sulfonamides is 2. The molecular formula is C22H44F6NO4PS2. The second kappa shape index (κ2) is 18.2. The van der Waals surface area contributed by atoms with Crippen LogP contribution in [-0.2, 0) is 20.0 Å². The summed E-state index contributed by atoms with van der Waals surface area (Å²) in [5.74, 6) is 0. The third kappa shape index (κ3) is 16.0. The highest BCUT2D eigenvalue weighted by Crippen LogP contribution is 2.41. The second-order valence-corrected chi connectivity index (χ2v) is 13.3. The molecule has 0 aromatic heterocycles. The lowest BCUT2D eigenvalue weighted by Gasteiger charge is -2.35. The third-order valence-electron chi connectivity index (χ3n) is 5.92. The van der Waals surface area contributed by atoms with Gasteiger partial charge in [0, 0.05) is 0 Å². The van der Waals surface area contributed by atoms with Crippen LogP contribution in [0.3, 0.4) is 0 Å². The molecule has 0 saturated heterocycles. The zero-order chi connectivity index (χ0) is 28.5. The van der Waals surface area contributed by atoms with Gasteiger partial charge in [0.25, 0.3) is 0 Å². The van der Waals surface area contributed by atoms with Gasteiger partial charge in [-0.25, -0.2) is 16.8 Å². The van der Waals surface area contributed by atoms with Crippen molar-refractivity contribution in [1.29, 1.82) is 0 Å². The predicted octanol–water partition coefficient (Wildman–Crippen LogP) is 8.03. The highest BCUT2D eigenvalue weighted by Gasteiger charge is 2.55. The Morgan fingerprint density at radius 2 is 0.861 bits per heavy atom. The summed E-state index contributed by atoms with van der Waals surface area (Å²) >= 11 is 0. The Morgan fingerprint density at radius 3 is 1.17 bits per heavy atom. The molecule has 0 rings (SSSR count). The highest BCUT2D eigenvalue weighted by molar-refractivity contribution is 8.05. The standard InChI is InChI=1S/C20H43P.C2HF6NO4S2/c1-4-7-15-20(16-8-5-2,17-9-6-3)18-13-11-10-12-14-19-21;3-1(4,5)14(10,11)9-15(12,13)2(6,7)8/h4-19,21H2,1-3H3;9H. The van der Waals surface area contributed by atoms with E-state index in [0.717, 1.165) is 0 Å². The minimum Gasteiger partial charge on any atom is -0.202 e. The van der Waals surface area contributed by atoms with Gasteiger partial charge in [0.2, 0.25) is 0 Å². The molecule has 0 bridgehead atoms. The molecule has 0 aromatic rings. The van der Waals surface area contributed by atoms with Crippen LogP contribution in [0, 0.1) is 5.41 Å². The lowest BCUT2D eigenvalue weighted by Crippen LogP contribution is -2.45. The third-order valence-corrected chi connectivity index (χ3v) is 9.30. The van der Waals surface area contributed by atoms with E-state index in [-0.39, 0.29) is 0 Å². The Hall–Kier alpha value is -0.130. The number of unbranched alkanes of at least 4 members (excludes halogenated alkanes) is 7. The van der Waals surface area contributed by atoms with E-state index in [1.165, 1.54) is 102 Å². The van der Waals surface area contributed by atoms with Gasteiger partial charge in [-0.2, -0.15) is 26.3 Å². The maximum absolute atomic E-state index is 11.5. The summed E-state index contributed by atoms with van der Waals surface area (Å²) in [6.45, 7) is 7.06. The molecule has 0 radical (unpaired) electrons. The maximum atomic E-state index is 11.5. The van der Waals surface area contributed by atoms with Crippen LogP contribution in [0.25, 0.3) is 0 Å². The largest absolute Gasteiger partial charge is 0.512 e. The fourth-order valence-corrected chi connectivity index (χ4v) is 6.02. The second-order valence-electron chi connectivity index (χ2n) is 9.10. The Labute approximate surface area is 216 Å². The molecule has 0 aromatic carbocycles. The van der Waals surface area contributed by atoms with Crippen molar-refractivity contribution in [3.63, 3.8) is 0 Å². The Balaban J connectivity index is 0. The molecule has 220 valence electrons. The fourth-order valence-electron chi connectivity index (χ4n) is 3.82. The van der Waals surface area contributed by atoms with Gasteiger partial charge >= 0.3 is 31.1 Å². The molecule has 36 heavy (non-hydrogen) atoms. The van der Waals surface area contributed by atoms with Crippen LogP contribution in [0.4, 0.5) is 26.3 Å². The normalized spacial score (nSPS) is 13.4. The van der Waals surface area contributed by atoms with E-state index < -0.39 is 35.2 Å².